The summed E-state index contributed by atoms with van der Waals surface area (Å²) in [7, 11) is 0. The van der Waals surface area contributed by atoms with Crippen LogP contribution in [0.4, 0.5) is 0 Å². The summed E-state index contributed by atoms with van der Waals surface area (Å²) in [6.07, 6.45) is 4.17. The molecule has 1 amide bonds. The molecule has 1 fully saturated rings. The normalized spacial score (nSPS) is 20.2. The fourth-order valence-corrected chi connectivity index (χ4v) is 2.60. The van der Waals surface area contributed by atoms with E-state index in [-0.39, 0.29) is 18.1 Å². The van der Waals surface area contributed by atoms with Gasteiger partial charge in [-0.25, -0.2) is 10.9 Å². The van der Waals surface area contributed by atoms with E-state index >= 15 is 0 Å². The van der Waals surface area contributed by atoms with Crippen molar-refractivity contribution in [1.29, 1.82) is 0 Å². The quantitative estimate of drug-likeness (QED) is 0.784. The molecule has 23 heavy (non-hydrogen) atoms. The zero-order valence-corrected chi connectivity index (χ0v) is 13.0. The lowest BCUT2D eigenvalue weighted by molar-refractivity contribution is 0.0932. The van der Waals surface area contributed by atoms with Crippen molar-refractivity contribution in [3.63, 3.8) is 0 Å². The fourth-order valence-electron chi connectivity index (χ4n) is 2.60. The van der Waals surface area contributed by atoms with E-state index in [0.717, 1.165) is 12.0 Å². The van der Waals surface area contributed by atoms with Crippen LogP contribution >= 0.6 is 0 Å². The predicted octanol–water partition coefficient (Wildman–Crippen LogP) is 1.78. The third-order valence-corrected chi connectivity index (χ3v) is 3.72. The number of pyridine rings is 1. The van der Waals surface area contributed by atoms with Crippen LogP contribution < -0.4 is 20.9 Å². The second kappa shape index (κ2) is 7.21. The van der Waals surface area contributed by atoms with E-state index in [4.69, 9.17) is 4.74 Å². The molecule has 2 heterocycles. The number of nitrogens with zero attached hydrogens (tertiary/aromatic N) is 1. The lowest BCUT2D eigenvalue weighted by Gasteiger charge is -2.13. The Kier molecular flexibility index (Phi) is 4.85. The Hall–Kier alpha value is -2.44. The van der Waals surface area contributed by atoms with Crippen molar-refractivity contribution >= 4 is 5.91 Å². The molecule has 0 spiro atoms. The molecule has 2 atom stereocenters. The minimum atomic E-state index is -0.128. The lowest BCUT2D eigenvalue weighted by atomic mass is 10.1. The van der Waals surface area contributed by atoms with Gasteiger partial charge in [-0.1, -0.05) is 6.07 Å². The summed E-state index contributed by atoms with van der Waals surface area (Å²) in [5, 5.41) is 2.98. The van der Waals surface area contributed by atoms with Gasteiger partial charge in [0.05, 0.1) is 12.8 Å². The van der Waals surface area contributed by atoms with Crippen LogP contribution in [0.2, 0.25) is 0 Å². The smallest absolute Gasteiger partial charge is 0.252 e. The maximum absolute atomic E-state index is 12.4. The monoisotopic (exact) mass is 312 g/mol. The average molecular weight is 312 g/mol. The summed E-state index contributed by atoms with van der Waals surface area (Å²) in [6.45, 7) is 2.49. The van der Waals surface area contributed by atoms with Gasteiger partial charge in [0.25, 0.3) is 5.91 Å². The standard InChI is InChI=1S/C17H20N4O2/c1-2-23-14-5-3-4-13(10-14)17(22)19-16-11-15(20-21-16)12-6-8-18-9-7-12/h3-10,15-16,20-21H,2,11H2,1H3,(H,19,22). The molecular weight excluding hydrogens is 292 g/mol. The van der Waals surface area contributed by atoms with Crippen molar-refractivity contribution in [2.45, 2.75) is 25.6 Å². The number of rotatable bonds is 5. The van der Waals surface area contributed by atoms with Crippen LogP contribution in [0.15, 0.2) is 48.8 Å². The summed E-state index contributed by atoms with van der Waals surface area (Å²) in [5.74, 6) is 0.577. The lowest BCUT2D eigenvalue weighted by Crippen LogP contribution is -2.44. The van der Waals surface area contributed by atoms with Gasteiger partial charge in [0.1, 0.15) is 5.75 Å². The van der Waals surface area contributed by atoms with Crippen LogP contribution in [0.25, 0.3) is 0 Å². The molecule has 6 nitrogen and oxygen atoms in total. The Labute approximate surface area is 135 Å². The average Bonchev–Trinajstić information content (AvgIpc) is 3.05. The Morgan fingerprint density at radius 2 is 2.13 bits per heavy atom. The molecule has 2 aromatic rings. The number of ether oxygens (including phenoxy) is 1. The first-order valence-corrected chi connectivity index (χ1v) is 7.71. The predicted molar refractivity (Wildman–Crippen MR) is 86.7 cm³/mol. The van der Waals surface area contributed by atoms with Gasteiger partial charge >= 0.3 is 0 Å². The molecule has 1 aromatic heterocycles. The number of amides is 1. The second-order valence-corrected chi connectivity index (χ2v) is 5.34. The molecule has 6 heteroatoms. The van der Waals surface area contributed by atoms with Crippen LogP contribution in [-0.2, 0) is 0 Å². The zero-order valence-electron chi connectivity index (χ0n) is 13.0. The number of hydrogen-bond acceptors (Lipinski definition) is 5. The fraction of sp³-hybridized carbons (Fsp3) is 0.294. The van der Waals surface area contributed by atoms with Gasteiger partial charge in [0.2, 0.25) is 0 Å². The Morgan fingerprint density at radius 1 is 1.30 bits per heavy atom. The van der Waals surface area contributed by atoms with E-state index in [0.29, 0.717) is 17.9 Å². The highest BCUT2D eigenvalue weighted by atomic mass is 16.5. The van der Waals surface area contributed by atoms with Gasteiger partial charge in [-0.3, -0.25) is 9.78 Å². The summed E-state index contributed by atoms with van der Waals surface area (Å²) < 4.78 is 5.43. The number of benzene rings is 1. The van der Waals surface area contributed by atoms with Crippen LogP contribution in [0, 0.1) is 0 Å². The van der Waals surface area contributed by atoms with Crippen molar-refractivity contribution in [1.82, 2.24) is 21.2 Å². The van der Waals surface area contributed by atoms with Gasteiger partial charge in [0, 0.05) is 30.4 Å². The molecule has 1 aromatic carbocycles. The number of aromatic nitrogens is 1. The van der Waals surface area contributed by atoms with Gasteiger partial charge in [-0.05, 0) is 42.8 Å². The molecule has 0 aliphatic carbocycles. The van der Waals surface area contributed by atoms with Crippen molar-refractivity contribution in [3.05, 3.63) is 59.9 Å². The maximum atomic E-state index is 12.4. The van der Waals surface area contributed by atoms with E-state index in [1.807, 2.05) is 31.2 Å². The second-order valence-electron chi connectivity index (χ2n) is 5.34. The Bertz CT molecular complexity index is 663. The SMILES string of the molecule is CCOc1cccc(C(=O)NC2CC(c3ccncc3)NN2)c1. The highest BCUT2D eigenvalue weighted by Crippen LogP contribution is 2.20. The molecule has 1 aliphatic rings. The van der Waals surface area contributed by atoms with Gasteiger partial charge < -0.3 is 10.1 Å². The Balaban J connectivity index is 1.60. The molecule has 0 radical (unpaired) electrons. The molecule has 3 N–H and O–H groups in total. The minimum Gasteiger partial charge on any atom is -0.494 e. The van der Waals surface area contributed by atoms with Crippen LogP contribution in [-0.4, -0.2) is 23.7 Å². The molecular formula is C17H20N4O2. The van der Waals surface area contributed by atoms with E-state index in [9.17, 15) is 4.79 Å². The molecule has 1 aliphatic heterocycles. The van der Waals surface area contributed by atoms with Crippen LogP contribution in [0.5, 0.6) is 5.75 Å². The molecule has 2 unspecified atom stereocenters. The van der Waals surface area contributed by atoms with Crippen molar-refractivity contribution < 1.29 is 9.53 Å². The van der Waals surface area contributed by atoms with Gasteiger partial charge in [-0.2, -0.15) is 0 Å². The topological polar surface area (TPSA) is 75.3 Å². The first kappa shape index (κ1) is 15.5. The molecule has 3 rings (SSSR count). The first-order valence-electron chi connectivity index (χ1n) is 7.71. The van der Waals surface area contributed by atoms with Crippen molar-refractivity contribution in [3.8, 4) is 5.75 Å². The number of carbonyl (C=O) groups excluding carboxylic acids is 1. The van der Waals surface area contributed by atoms with Crippen molar-refractivity contribution in [2.75, 3.05) is 6.61 Å². The number of hydrogen-bond donors (Lipinski definition) is 3. The molecule has 120 valence electrons. The third-order valence-electron chi connectivity index (χ3n) is 3.72. The molecule has 0 saturated carbocycles. The van der Waals surface area contributed by atoms with Gasteiger partial charge in [-0.15, -0.1) is 0 Å². The molecule has 1 saturated heterocycles. The van der Waals surface area contributed by atoms with E-state index in [1.165, 1.54) is 0 Å². The van der Waals surface area contributed by atoms with E-state index in [2.05, 4.69) is 21.2 Å². The van der Waals surface area contributed by atoms with Crippen LogP contribution in [0.3, 0.4) is 0 Å². The van der Waals surface area contributed by atoms with Crippen LogP contribution in [0.1, 0.15) is 35.3 Å². The highest BCUT2D eigenvalue weighted by Gasteiger charge is 2.26. The minimum absolute atomic E-state index is 0.124. The van der Waals surface area contributed by atoms with E-state index < -0.39 is 0 Å². The number of nitrogens with one attached hydrogen (secondary N) is 3. The summed E-state index contributed by atoms with van der Waals surface area (Å²) in [5.41, 5.74) is 8.04. The summed E-state index contributed by atoms with van der Waals surface area (Å²) >= 11 is 0. The largest absolute Gasteiger partial charge is 0.494 e. The molecule has 0 bridgehead atoms. The third kappa shape index (κ3) is 3.85. The number of hydrazine groups is 1. The van der Waals surface area contributed by atoms with E-state index in [1.54, 1.807) is 24.5 Å². The zero-order chi connectivity index (χ0) is 16.1. The highest BCUT2D eigenvalue weighted by molar-refractivity contribution is 5.94. The van der Waals surface area contributed by atoms with Crippen molar-refractivity contribution in [2.24, 2.45) is 0 Å². The first-order chi connectivity index (χ1) is 11.3. The Morgan fingerprint density at radius 3 is 2.91 bits per heavy atom. The number of carbonyl (C=O) groups is 1. The summed E-state index contributed by atoms with van der Waals surface area (Å²) in [4.78, 5) is 16.4. The van der Waals surface area contributed by atoms with Gasteiger partial charge in [0.15, 0.2) is 0 Å². The maximum Gasteiger partial charge on any atom is 0.252 e. The summed E-state index contributed by atoms with van der Waals surface area (Å²) in [6, 6.07) is 11.3.